The Balaban J connectivity index is 2.14. The third kappa shape index (κ3) is 4.67. The number of hydroxylamine groups is 1. The van der Waals surface area contributed by atoms with Crippen molar-refractivity contribution in [1.82, 2.24) is 10.8 Å². The first-order valence-corrected chi connectivity index (χ1v) is 5.48. The molecule has 15 heavy (non-hydrogen) atoms. The highest BCUT2D eigenvalue weighted by atomic mass is 16.7. The Morgan fingerprint density at radius 2 is 1.93 bits per heavy atom. The summed E-state index contributed by atoms with van der Waals surface area (Å²) in [6.45, 7) is 1.69. The highest BCUT2D eigenvalue weighted by Crippen LogP contribution is 2.17. The number of hydrogen-bond donors (Lipinski definition) is 2. The summed E-state index contributed by atoms with van der Waals surface area (Å²) >= 11 is 0. The lowest BCUT2D eigenvalue weighted by Crippen LogP contribution is -2.40. The van der Waals surface area contributed by atoms with Crippen LogP contribution in [0, 0.1) is 0 Å². The van der Waals surface area contributed by atoms with E-state index >= 15 is 0 Å². The molecule has 0 heterocycles. The van der Waals surface area contributed by atoms with Gasteiger partial charge in [-0.15, -0.1) is 0 Å². The summed E-state index contributed by atoms with van der Waals surface area (Å²) in [4.78, 5) is 26.5. The minimum Gasteiger partial charge on any atom is -0.322 e. The van der Waals surface area contributed by atoms with E-state index in [9.17, 15) is 9.59 Å². The van der Waals surface area contributed by atoms with Crippen molar-refractivity contribution in [3.05, 3.63) is 0 Å². The first-order chi connectivity index (χ1) is 7.22. The van der Waals surface area contributed by atoms with Crippen LogP contribution in [0.2, 0.25) is 0 Å². The minimum absolute atomic E-state index is 0.199. The van der Waals surface area contributed by atoms with Crippen molar-refractivity contribution in [2.45, 2.75) is 51.5 Å². The van der Waals surface area contributed by atoms with Gasteiger partial charge in [0.05, 0.1) is 0 Å². The maximum atomic E-state index is 11.2. The fourth-order valence-electron chi connectivity index (χ4n) is 1.62. The van der Waals surface area contributed by atoms with Crippen molar-refractivity contribution >= 4 is 12.0 Å². The van der Waals surface area contributed by atoms with Crippen molar-refractivity contribution < 1.29 is 14.4 Å². The summed E-state index contributed by atoms with van der Waals surface area (Å²) in [6.07, 6.45) is 5.26. The highest BCUT2D eigenvalue weighted by Gasteiger charge is 2.16. The van der Waals surface area contributed by atoms with Gasteiger partial charge in [0.2, 0.25) is 0 Å². The van der Waals surface area contributed by atoms with Crippen LogP contribution >= 0.6 is 0 Å². The van der Waals surface area contributed by atoms with Crippen molar-refractivity contribution in [2.24, 2.45) is 0 Å². The lowest BCUT2D eigenvalue weighted by atomic mass is 9.96. The Bertz CT molecular complexity index is 225. The van der Waals surface area contributed by atoms with Crippen LogP contribution in [0.5, 0.6) is 0 Å². The summed E-state index contributed by atoms with van der Waals surface area (Å²) in [6, 6.07) is 0.199. The van der Waals surface area contributed by atoms with Gasteiger partial charge < -0.3 is 10.2 Å². The highest BCUT2D eigenvalue weighted by molar-refractivity contribution is 5.77. The monoisotopic (exact) mass is 214 g/mol. The van der Waals surface area contributed by atoms with Crippen molar-refractivity contribution in [2.75, 3.05) is 0 Å². The summed E-state index contributed by atoms with van der Waals surface area (Å²) in [7, 11) is 0. The maximum absolute atomic E-state index is 11.2. The van der Waals surface area contributed by atoms with Crippen LogP contribution in [0.3, 0.4) is 0 Å². The normalized spacial score (nSPS) is 16.9. The zero-order valence-electron chi connectivity index (χ0n) is 9.04. The molecule has 5 nitrogen and oxygen atoms in total. The van der Waals surface area contributed by atoms with E-state index in [1.54, 1.807) is 6.92 Å². The first-order valence-electron chi connectivity index (χ1n) is 5.48. The molecule has 1 rings (SSSR count). The number of hydrogen-bond acceptors (Lipinski definition) is 3. The molecule has 86 valence electrons. The Kier molecular flexibility index (Phi) is 4.93. The smallest absolute Gasteiger partial charge is 0.322 e. The van der Waals surface area contributed by atoms with Gasteiger partial charge in [0.25, 0.3) is 5.91 Å². The first kappa shape index (κ1) is 11.8. The van der Waals surface area contributed by atoms with Crippen LogP contribution in [0.25, 0.3) is 0 Å². The lowest BCUT2D eigenvalue weighted by Gasteiger charge is -2.21. The molecule has 0 aromatic carbocycles. The molecule has 0 radical (unpaired) electrons. The van der Waals surface area contributed by atoms with Gasteiger partial charge in [0.1, 0.15) is 0 Å². The zero-order chi connectivity index (χ0) is 11.1. The predicted molar refractivity (Wildman–Crippen MR) is 54.9 cm³/mol. The molecule has 0 spiro atoms. The van der Waals surface area contributed by atoms with Gasteiger partial charge in [-0.2, -0.15) is 5.48 Å². The van der Waals surface area contributed by atoms with Crippen LogP contribution in [0.15, 0.2) is 0 Å². The Morgan fingerprint density at radius 3 is 2.53 bits per heavy atom. The van der Waals surface area contributed by atoms with E-state index in [4.69, 9.17) is 0 Å². The third-order valence-corrected chi connectivity index (χ3v) is 2.51. The average molecular weight is 214 g/mol. The molecular weight excluding hydrogens is 196 g/mol. The quantitative estimate of drug-likeness (QED) is 0.684. The van der Waals surface area contributed by atoms with Crippen molar-refractivity contribution in [3.8, 4) is 0 Å². The molecule has 0 saturated heterocycles. The number of amides is 2. The standard InChI is InChI=1S/C10H18N2O3/c1-2-9(13)12-15-10(14)11-8-6-4-3-5-7-8/h8H,2-7H2,1H3,(H,11,14)(H,12,13). The molecule has 0 aromatic rings. The van der Waals surface area contributed by atoms with Gasteiger partial charge in [0, 0.05) is 12.5 Å². The predicted octanol–water partition coefficient (Wildman–Crippen LogP) is 1.49. The lowest BCUT2D eigenvalue weighted by molar-refractivity contribution is -0.129. The number of rotatable bonds is 2. The Labute approximate surface area is 89.5 Å². The second kappa shape index (κ2) is 6.27. The minimum atomic E-state index is -0.566. The van der Waals surface area contributed by atoms with Gasteiger partial charge in [-0.05, 0) is 12.8 Å². The van der Waals surface area contributed by atoms with Crippen LogP contribution in [0.4, 0.5) is 4.79 Å². The van der Waals surface area contributed by atoms with E-state index in [0.717, 1.165) is 25.7 Å². The van der Waals surface area contributed by atoms with Crippen LogP contribution in [-0.2, 0) is 9.63 Å². The van der Waals surface area contributed by atoms with Gasteiger partial charge in [-0.1, -0.05) is 26.2 Å². The fraction of sp³-hybridized carbons (Fsp3) is 0.800. The van der Waals surface area contributed by atoms with Crippen molar-refractivity contribution in [1.29, 1.82) is 0 Å². The molecule has 0 aromatic heterocycles. The summed E-state index contributed by atoms with van der Waals surface area (Å²) < 4.78 is 0. The summed E-state index contributed by atoms with van der Waals surface area (Å²) in [5.74, 6) is -0.297. The largest absolute Gasteiger partial charge is 0.431 e. The van der Waals surface area contributed by atoms with E-state index in [2.05, 4.69) is 15.6 Å². The molecule has 2 amide bonds. The third-order valence-electron chi connectivity index (χ3n) is 2.51. The van der Waals surface area contributed by atoms with Crippen LogP contribution in [-0.4, -0.2) is 18.0 Å². The van der Waals surface area contributed by atoms with E-state index in [1.807, 2.05) is 0 Å². The fourth-order valence-corrected chi connectivity index (χ4v) is 1.62. The Morgan fingerprint density at radius 1 is 1.27 bits per heavy atom. The molecule has 0 unspecified atom stereocenters. The Hall–Kier alpha value is -1.26. The molecule has 2 N–H and O–H groups in total. The van der Waals surface area contributed by atoms with E-state index in [0.29, 0.717) is 6.42 Å². The van der Waals surface area contributed by atoms with E-state index in [-0.39, 0.29) is 11.9 Å². The number of carbonyl (C=O) groups excluding carboxylic acids is 2. The average Bonchev–Trinajstić information content (AvgIpc) is 2.27. The molecule has 0 atom stereocenters. The molecule has 1 aliphatic carbocycles. The molecule has 1 saturated carbocycles. The molecule has 1 fully saturated rings. The van der Waals surface area contributed by atoms with Gasteiger partial charge in [-0.25, -0.2) is 4.79 Å². The van der Waals surface area contributed by atoms with Crippen molar-refractivity contribution in [3.63, 3.8) is 0 Å². The van der Waals surface area contributed by atoms with E-state index in [1.165, 1.54) is 6.42 Å². The molecule has 1 aliphatic rings. The number of nitrogens with one attached hydrogen (secondary N) is 2. The molecule has 0 bridgehead atoms. The molecule has 5 heteroatoms. The van der Waals surface area contributed by atoms with Crippen LogP contribution < -0.4 is 10.8 Å². The second-order valence-corrected chi connectivity index (χ2v) is 3.75. The summed E-state index contributed by atoms with van der Waals surface area (Å²) in [5, 5.41) is 2.72. The summed E-state index contributed by atoms with van der Waals surface area (Å²) in [5.41, 5.74) is 2.07. The number of carbonyl (C=O) groups is 2. The van der Waals surface area contributed by atoms with Gasteiger partial charge in [-0.3, -0.25) is 4.79 Å². The van der Waals surface area contributed by atoms with E-state index < -0.39 is 6.09 Å². The van der Waals surface area contributed by atoms with Gasteiger partial charge in [0.15, 0.2) is 0 Å². The molecule has 0 aliphatic heterocycles. The molecular formula is C10H18N2O3. The second-order valence-electron chi connectivity index (χ2n) is 3.75. The maximum Gasteiger partial charge on any atom is 0.431 e. The zero-order valence-corrected chi connectivity index (χ0v) is 9.04. The van der Waals surface area contributed by atoms with Gasteiger partial charge >= 0.3 is 6.09 Å². The van der Waals surface area contributed by atoms with Crippen LogP contribution in [0.1, 0.15) is 45.4 Å². The SMILES string of the molecule is CCC(=O)NOC(=O)NC1CCCCC1. The topological polar surface area (TPSA) is 67.4 Å².